The summed E-state index contributed by atoms with van der Waals surface area (Å²) in [5.74, 6) is 0.156. The van der Waals surface area contributed by atoms with Crippen LogP contribution in [0.1, 0.15) is 23.7 Å². The van der Waals surface area contributed by atoms with Gasteiger partial charge >= 0.3 is 0 Å². The van der Waals surface area contributed by atoms with Crippen LogP contribution in [0.4, 0.5) is 0 Å². The van der Waals surface area contributed by atoms with Crippen LogP contribution in [-0.4, -0.2) is 40.1 Å². The van der Waals surface area contributed by atoms with Crippen molar-refractivity contribution in [2.45, 2.75) is 19.4 Å². The summed E-state index contributed by atoms with van der Waals surface area (Å²) in [7, 11) is 0. The van der Waals surface area contributed by atoms with Gasteiger partial charge in [0.25, 0.3) is 5.91 Å². The van der Waals surface area contributed by atoms with Crippen molar-refractivity contribution in [1.82, 2.24) is 9.88 Å². The van der Waals surface area contributed by atoms with E-state index < -0.39 is 0 Å². The molecule has 1 amide bonds. The Morgan fingerprint density at radius 2 is 2.15 bits per heavy atom. The number of benzene rings is 1. The van der Waals surface area contributed by atoms with Crippen LogP contribution in [0.15, 0.2) is 36.5 Å². The lowest BCUT2D eigenvalue weighted by atomic mass is 9.96. The molecule has 3 rings (SSSR count). The molecule has 4 heteroatoms. The van der Waals surface area contributed by atoms with E-state index in [0.717, 1.165) is 10.9 Å². The van der Waals surface area contributed by atoms with E-state index in [-0.39, 0.29) is 17.9 Å². The third kappa shape index (κ3) is 2.27. The van der Waals surface area contributed by atoms with Gasteiger partial charge < -0.3 is 10.0 Å². The Kier molecular flexibility index (Phi) is 3.40. The predicted molar refractivity (Wildman–Crippen MR) is 77.4 cm³/mol. The molecule has 1 aliphatic rings. The summed E-state index contributed by atoms with van der Waals surface area (Å²) >= 11 is 0. The fourth-order valence-electron chi connectivity index (χ4n) is 2.77. The van der Waals surface area contributed by atoms with Crippen LogP contribution < -0.4 is 0 Å². The Hall–Kier alpha value is -1.94. The monoisotopic (exact) mass is 270 g/mol. The first-order valence-electron chi connectivity index (χ1n) is 6.98. The number of carbonyl (C=O) groups excluding carboxylic acids is 1. The van der Waals surface area contributed by atoms with Gasteiger partial charge in [-0.2, -0.15) is 0 Å². The van der Waals surface area contributed by atoms with E-state index in [1.54, 1.807) is 12.3 Å². The lowest BCUT2D eigenvalue weighted by Crippen LogP contribution is -2.45. The first-order chi connectivity index (χ1) is 9.66. The minimum Gasteiger partial charge on any atom is -0.393 e. The van der Waals surface area contributed by atoms with Crippen LogP contribution >= 0.6 is 0 Å². The van der Waals surface area contributed by atoms with Crippen LogP contribution in [-0.2, 0) is 0 Å². The van der Waals surface area contributed by atoms with Crippen LogP contribution in [0.5, 0.6) is 0 Å². The van der Waals surface area contributed by atoms with Gasteiger partial charge in [-0.15, -0.1) is 0 Å². The quantitative estimate of drug-likeness (QED) is 0.863. The lowest BCUT2D eigenvalue weighted by molar-refractivity contribution is 0.0299. The maximum atomic E-state index is 12.7. The molecule has 4 nitrogen and oxygen atoms in total. The number of fused-ring (bicyclic) bond motifs is 1. The zero-order valence-corrected chi connectivity index (χ0v) is 11.5. The molecule has 1 fully saturated rings. The third-order valence-electron chi connectivity index (χ3n) is 4.03. The number of piperidine rings is 1. The van der Waals surface area contributed by atoms with Gasteiger partial charge in [0.1, 0.15) is 0 Å². The minimum atomic E-state index is -0.298. The number of para-hydroxylation sites is 1. The molecule has 1 saturated heterocycles. The number of aromatic nitrogens is 1. The van der Waals surface area contributed by atoms with E-state index in [4.69, 9.17) is 0 Å². The van der Waals surface area contributed by atoms with Crippen molar-refractivity contribution >= 4 is 16.8 Å². The molecular formula is C16H18N2O2. The average Bonchev–Trinajstić information content (AvgIpc) is 2.49. The van der Waals surface area contributed by atoms with Gasteiger partial charge in [-0.1, -0.05) is 25.1 Å². The van der Waals surface area contributed by atoms with Crippen molar-refractivity contribution in [2.75, 3.05) is 13.1 Å². The highest BCUT2D eigenvalue weighted by Crippen LogP contribution is 2.22. The molecule has 2 atom stereocenters. The average molecular weight is 270 g/mol. The summed E-state index contributed by atoms with van der Waals surface area (Å²) in [5.41, 5.74) is 1.53. The highest BCUT2D eigenvalue weighted by molar-refractivity contribution is 6.05. The van der Waals surface area contributed by atoms with E-state index in [0.29, 0.717) is 25.1 Å². The number of carbonyl (C=O) groups is 1. The molecule has 0 bridgehead atoms. The SMILES string of the molecule is CC1CN(C(=O)c2ccnc3ccccc23)CCC1O. The molecule has 1 aromatic heterocycles. The zero-order valence-electron chi connectivity index (χ0n) is 11.5. The topological polar surface area (TPSA) is 53.4 Å². The summed E-state index contributed by atoms with van der Waals surface area (Å²) in [6, 6.07) is 9.46. The number of hydrogen-bond acceptors (Lipinski definition) is 3. The summed E-state index contributed by atoms with van der Waals surface area (Å²) in [6.45, 7) is 3.20. The van der Waals surface area contributed by atoms with Crippen molar-refractivity contribution < 1.29 is 9.90 Å². The molecule has 0 spiro atoms. The molecule has 20 heavy (non-hydrogen) atoms. The molecule has 0 aliphatic carbocycles. The molecular weight excluding hydrogens is 252 g/mol. The number of rotatable bonds is 1. The van der Waals surface area contributed by atoms with E-state index in [9.17, 15) is 9.90 Å². The maximum Gasteiger partial charge on any atom is 0.254 e. The molecule has 2 aromatic rings. The fourth-order valence-corrected chi connectivity index (χ4v) is 2.77. The number of aliphatic hydroxyl groups is 1. The van der Waals surface area contributed by atoms with Crippen molar-refractivity contribution in [3.05, 3.63) is 42.1 Å². The van der Waals surface area contributed by atoms with Crippen LogP contribution in [0, 0.1) is 5.92 Å². The zero-order chi connectivity index (χ0) is 14.1. The van der Waals surface area contributed by atoms with E-state index in [2.05, 4.69) is 4.98 Å². The van der Waals surface area contributed by atoms with Gasteiger partial charge in [-0.25, -0.2) is 0 Å². The second kappa shape index (κ2) is 5.21. The van der Waals surface area contributed by atoms with Crippen molar-refractivity contribution in [3.63, 3.8) is 0 Å². The smallest absolute Gasteiger partial charge is 0.254 e. The van der Waals surface area contributed by atoms with E-state index in [1.807, 2.05) is 36.1 Å². The van der Waals surface area contributed by atoms with Gasteiger partial charge in [0.05, 0.1) is 17.2 Å². The molecule has 0 saturated carbocycles. The van der Waals surface area contributed by atoms with E-state index >= 15 is 0 Å². The van der Waals surface area contributed by atoms with Crippen molar-refractivity contribution in [2.24, 2.45) is 5.92 Å². The molecule has 2 heterocycles. The van der Waals surface area contributed by atoms with Crippen LogP contribution in [0.25, 0.3) is 10.9 Å². The maximum absolute atomic E-state index is 12.7. The second-order valence-electron chi connectivity index (χ2n) is 5.46. The highest BCUT2D eigenvalue weighted by atomic mass is 16.3. The van der Waals surface area contributed by atoms with Crippen molar-refractivity contribution in [3.8, 4) is 0 Å². The minimum absolute atomic E-state index is 0.0300. The third-order valence-corrected chi connectivity index (χ3v) is 4.03. The van der Waals surface area contributed by atoms with Gasteiger partial charge in [0.15, 0.2) is 0 Å². The molecule has 104 valence electrons. The van der Waals surface area contributed by atoms with Crippen molar-refractivity contribution in [1.29, 1.82) is 0 Å². The number of aliphatic hydroxyl groups excluding tert-OH is 1. The van der Waals surface area contributed by atoms with Crippen LogP contribution in [0.3, 0.4) is 0 Å². The normalized spacial score (nSPS) is 23.0. The molecule has 1 aromatic carbocycles. The predicted octanol–water partition coefficient (Wildman–Crippen LogP) is 2.08. The van der Waals surface area contributed by atoms with E-state index in [1.165, 1.54) is 0 Å². The summed E-state index contributed by atoms with van der Waals surface area (Å²) < 4.78 is 0. The number of pyridine rings is 1. The largest absolute Gasteiger partial charge is 0.393 e. The number of hydrogen-bond donors (Lipinski definition) is 1. The number of likely N-dealkylation sites (tertiary alicyclic amines) is 1. The number of nitrogens with zero attached hydrogens (tertiary/aromatic N) is 2. The Bertz CT molecular complexity index is 636. The standard InChI is InChI=1S/C16H18N2O2/c1-11-10-18(9-7-15(11)19)16(20)13-6-8-17-14-5-3-2-4-12(13)14/h2-6,8,11,15,19H,7,9-10H2,1H3. The Morgan fingerprint density at radius 1 is 1.35 bits per heavy atom. The van der Waals surface area contributed by atoms with Gasteiger partial charge in [-0.05, 0) is 24.5 Å². The Morgan fingerprint density at radius 3 is 2.95 bits per heavy atom. The highest BCUT2D eigenvalue weighted by Gasteiger charge is 2.28. The van der Waals surface area contributed by atoms with Gasteiger partial charge in [0, 0.05) is 24.7 Å². The van der Waals surface area contributed by atoms with Crippen LogP contribution in [0.2, 0.25) is 0 Å². The fraction of sp³-hybridized carbons (Fsp3) is 0.375. The first kappa shape index (κ1) is 13.1. The Labute approximate surface area is 118 Å². The molecule has 1 N–H and O–H groups in total. The molecule has 2 unspecified atom stereocenters. The summed E-state index contributed by atoms with van der Waals surface area (Å²) in [5, 5.41) is 10.7. The molecule has 0 radical (unpaired) electrons. The van der Waals surface area contributed by atoms with Gasteiger partial charge in [-0.3, -0.25) is 9.78 Å². The molecule has 1 aliphatic heterocycles. The Balaban J connectivity index is 1.93. The lowest BCUT2D eigenvalue weighted by Gasteiger charge is -2.34. The summed E-state index contributed by atoms with van der Waals surface area (Å²) in [4.78, 5) is 18.8. The second-order valence-corrected chi connectivity index (χ2v) is 5.46. The van der Waals surface area contributed by atoms with Gasteiger partial charge in [0.2, 0.25) is 0 Å². The summed E-state index contributed by atoms with van der Waals surface area (Å²) in [6.07, 6.45) is 2.03. The number of amides is 1. The first-order valence-corrected chi connectivity index (χ1v) is 6.98.